The van der Waals surface area contributed by atoms with Crippen LogP contribution in [0.25, 0.3) is 131 Å². The molecule has 0 radical (unpaired) electrons. The second-order valence-electron chi connectivity index (χ2n) is 15.8. The van der Waals surface area contributed by atoms with Gasteiger partial charge in [-0.1, -0.05) is 200 Å². The fourth-order valence-corrected chi connectivity index (χ4v) is 10.6. The van der Waals surface area contributed by atoms with Crippen molar-refractivity contribution in [2.24, 2.45) is 0 Å². The fourth-order valence-electron chi connectivity index (χ4n) is 10.6. The molecule has 0 aliphatic rings. The van der Waals surface area contributed by atoms with Gasteiger partial charge < -0.3 is 0 Å². The minimum atomic E-state index is 1.23. The lowest BCUT2D eigenvalue weighted by Gasteiger charge is -2.19. The topological polar surface area (TPSA) is 0 Å². The summed E-state index contributed by atoms with van der Waals surface area (Å²) >= 11 is 0. The number of fused-ring (bicyclic) bond motifs is 9. The summed E-state index contributed by atoms with van der Waals surface area (Å²) < 4.78 is 0. The number of hydrogen-bond donors (Lipinski definition) is 0. The number of benzene rings is 11. The second-order valence-corrected chi connectivity index (χ2v) is 15.8. The maximum Gasteiger partial charge on any atom is -0.000719 e. The number of rotatable bonds is 4. The molecule has 13 rings (SSSR count). The van der Waals surface area contributed by atoms with Gasteiger partial charge in [-0.05, 0) is 137 Å². The molecule has 0 spiro atoms. The Morgan fingerprint density at radius 3 is 1.40 bits per heavy atom. The van der Waals surface area contributed by atoms with Crippen molar-refractivity contribution in [3.05, 3.63) is 206 Å². The molecule has 0 fully saturated rings. The molecule has 13 aromatic rings. The maximum atomic E-state index is 2.53. The van der Waals surface area contributed by atoms with Crippen LogP contribution in [0.15, 0.2) is 206 Å². The highest BCUT2D eigenvalue weighted by Gasteiger charge is 2.27. The zero-order chi connectivity index (χ0) is 37.9. The monoisotopic (exact) mass is 730 g/mol. The SMILES string of the molecule is c1ccc(-c2ccc3ccccc3c2-c2ccc3c4c(-c5ccccc5)c5cc6c7ccccc7c7cccc(c5c(-c5ccccc5)c4c4cccc2c34)c76)cc1. The highest BCUT2D eigenvalue weighted by molar-refractivity contribution is 6.45. The van der Waals surface area contributed by atoms with Gasteiger partial charge in [0.05, 0.1) is 0 Å². The van der Waals surface area contributed by atoms with Crippen LogP contribution < -0.4 is 0 Å². The van der Waals surface area contributed by atoms with Crippen molar-refractivity contribution < 1.29 is 0 Å². The molecule has 266 valence electrons. The van der Waals surface area contributed by atoms with Gasteiger partial charge in [-0.2, -0.15) is 0 Å². The Hall–Kier alpha value is -7.54. The van der Waals surface area contributed by atoms with Gasteiger partial charge in [0, 0.05) is 0 Å². The molecule has 0 nitrogen and oxygen atoms in total. The van der Waals surface area contributed by atoms with Crippen LogP contribution in [-0.2, 0) is 0 Å². The first-order valence-corrected chi connectivity index (χ1v) is 20.3. The summed E-state index contributed by atoms with van der Waals surface area (Å²) in [5.74, 6) is 0. The standard InChI is InChI=1S/C58H34/c1-4-16-35(17-5-1)40-31-30-36-18-10-11-23-39(36)53(40)45-32-33-48-54-44(45)27-15-29-47(54)58-52(38-21-8-3-9-22-38)56-46-28-14-26-43-41-24-12-13-25-42(41)49(55(43)46)34-50(56)51(57(48)58)37-19-6-2-7-20-37/h1-34H. The Morgan fingerprint density at radius 2 is 0.672 bits per heavy atom. The third-order valence-electron chi connectivity index (χ3n) is 12.9. The Morgan fingerprint density at radius 1 is 0.190 bits per heavy atom. The molecule has 0 heterocycles. The number of hydrogen-bond acceptors (Lipinski definition) is 0. The zero-order valence-electron chi connectivity index (χ0n) is 31.6. The van der Waals surface area contributed by atoms with Crippen LogP contribution in [0.2, 0.25) is 0 Å². The van der Waals surface area contributed by atoms with Crippen LogP contribution in [0.3, 0.4) is 0 Å². The lowest BCUT2D eigenvalue weighted by molar-refractivity contribution is 1.63. The summed E-state index contributed by atoms with van der Waals surface area (Å²) in [5, 5.41) is 20.9. The maximum absolute atomic E-state index is 2.53. The summed E-state index contributed by atoms with van der Waals surface area (Å²) in [6, 6.07) is 76.9. The predicted octanol–water partition coefficient (Wildman–Crippen LogP) is 16.5. The highest BCUT2D eigenvalue weighted by Crippen LogP contribution is 2.55. The lowest BCUT2D eigenvalue weighted by Crippen LogP contribution is -1.91. The van der Waals surface area contributed by atoms with Crippen LogP contribution >= 0.6 is 0 Å². The lowest BCUT2D eigenvalue weighted by atomic mass is 9.84. The van der Waals surface area contributed by atoms with Gasteiger partial charge in [0.1, 0.15) is 0 Å². The van der Waals surface area contributed by atoms with Crippen molar-refractivity contribution in [1.82, 2.24) is 0 Å². The van der Waals surface area contributed by atoms with Gasteiger partial charge >= 0.3 is 0 Å². The van der Waals surface area contributed by atoms with E-state index in [1.54, 1.807) is 0 Å². The van der Waals surface area contributed by atoms with Crippen molar-refractivity contribution >= 4 is 86.2 Å². The average molecular weight is 731 g/mol. The molecule has 0 atom stereocenters. The first-order valence-electron chi connectivity index (χ1n) is 20.3. The highest BCUT2D eigenvalue weighted by atomic mass is 14.3. The third kappa shape index (κ3) is 4.24. The summed E-state index contributed by atoms with van der Waals surface area (Å²) in [5.41, 5.74) is 10.1. The first kappa shape index (κ1) is 31.6. The Bertz CT molecular complexity index is 3750. The van der Waals surface area contributed by atoms with Gasteiger partial charge in [0.2, 0.25) is 0 Å². The first-order chi connectivity index (χ1) is 28.8. The van der Waals surface area contributed by atoms with Crippen LogP contribution in [0.1, 0.15) is 0 Å². The second kappa shape index (κ2) is 12.0. The van der Waals surface area contributed by atoms with Crippen molar-refractivity contribution in [2.45, 2.75) is 0 Å². The summed E-state index contributed by atoms with van der Waals surface area (Å²) in [4.78, 5) is 0. The third-order valence-corrected chi connectivity index (χ3v) is 12.9. The van der Waals surface area contributed by atoms with E-state index in [4.69, 9.17) is 0 Å². The molecule has 0 heteroatoms. The molecular formula is C58H34. The van der Waals surface area contributed by atoms with Crippen molar-refractivity contribution in [2.75, 3.05) is 0 Å². The van der Waals surface area contributed by atoms with E-state index in [0.717, 1.165) is 0 Å². The van der Waals surface area contributed by atoms with Crippen LogP contribution in [0.4, 0.5) is 0 Å². The minimum Gasteiger partial charge on any atom is -0.0622 e. The largest absolute Gasteiger partial charge is 0.0622 e. The molecule has 0 bridgehead atoms. The van der Waals surface area contributed by atoms with E-state index in [0.29, 0.717) is 0 Å². The molecular weight excluding hydrogens is 697 g/mol. The summed E-state index contributed by atoms with van der Waals surface area (Å²) in [7, 11) is 0. The van der Waals surface area contributed by atoms with Gasteiger partial charge in [0.15, 0.2) is 0 Å². The molecule has 0 amide bonds. The van der Waals surface area contributed by atoms with E-state index >= 15 is 0 Å². The summed E-state index contributed by atoms with van der Waals surface area (Å²) in [6.07, 6.45) is 0. The van der Waals surface area contributed by atoms with Gasteiger partial charge in [0.25, 0.3) is 0 Å². The molecule has 58 heavy (non-hydrogen) atoms. The molecule has 13 aromatic carbocycles. The molecule has 0 aliphatic heterocycles. The van der Waals surface area contributed by atoms with E-state index in [-0.39, 0.29) is 0 Å². The van der Waals surface area contributed by atoms with E-state index in [1.165, 1.54) is 131 Å². The molecule has 0 saturated heterocycles. The van der Waals surface area contributed by atoms with Crippen LogP contribution in [-0.4, -0.2) is 0 Å². The van der Waals surface area contributed by atoms with Crippen molar-refractivity contribution in [1.29, 1.82) is 0 Å². The smallest absolute Gasteiger partial charge is 0.000719 e. The molecule has 0 unspecified atom stereocenters. The quantitative estimate of drug-likeness (QED) is 0.158. The van der Waals surface area contributed by atoms with Crippen LogP contribution in [0, 0.1) is 0 Å². The minimum absolute atomic E-state index is 1.23. The Kier molecular flexibility index (Phi) is 6.54. The predicted molar refractivity (Wildman–Crippen MR) is 251 cm³/mol. The average Bonchev–Trinajstić information content (AvgIpc) is 3.80. The summed E-state index contributed by atoms with van der Waals surface area (Å²) in [6.45, 7) is 0. The van der Waals surface area contributed by atoms with Gasteiger partial charge in [-0.15, -0.1) is 0 Å². The molecule has 0 N–H and O–H groups in total. The Balaban J connectivity index is 1.28. The molecule has 0 aliphatic carbocycles. The normalized spacial score (nSPS) is 12.1. The van der Waals surface area contributed by atoms with Gasteiger partial charge in [-0.3, -0.25) is 0 Å². The molecule has 0 aromatic heterocycles. The Labute approximate surface area is 335 Å². The zero-order valence-corrected chi connectivity index (χ0v) is 31.6. The van der Waals surface area contributed by atoms with E-state index in [1.807, 2.05) is 0 Å². The van der Waals surface area contributed by atoms with Crippen LogP contribution in [0.5, 0.6) is 0 Å². The fraction of sp³-hybridized carbons (Fsp3) is 0. The van der Waals surface area contributed by atoms with Crippen molar-refractivity contribution in [3.63, 3.8) is 0 Å². The van der Waals surface area contributed by atoms with Crippen molar-refractivity contribution in [3.8, 4) is 44.5 Å². The molecule has 0 saturated carbocycles. The van der Waals surface area contributed by atoms with E-state index in [2.05, 4.69) is 206 Å². The van der Waals surface area contributed by atoms with E-state index in [9.17, 15) is 0 Å². The van der Waals surface area contributed by atoms with E-state index < -0.39 is 0 Å². The van der Waals surface area contributed by atoms with Gasteiger partial charge in [-0.25, -0.2) is 0 Å².